The number of aromatic nitrogens is 2. The van der Waals surface area contributed by atoms with Crippen LogP contribution in [0.4, 0.5) is 28.8 Å². The number of methoxy groups -OCH3 is 1. The molecular formula is C23H27BrN6O3S. The molecule has 0 amide bonds. The molecule has 1 aromatic heterocycles. The van der Waals surface area contributed by atoms with Crippen LogP contribution in [-0.4, -0.2) is 45.6 Å². The summed E-state index contributed by atoms with van der Waals surface area (Å²) in [5, 5.41) is 6.35. The smallest absolute Gasteiger partial charge is 0.242 e. The van der Waals surface area contributed by atoms with Crippen molar-refractivity contribution in [2.24, 2.45) is 0 Å². The van der Waals surface area contributed by atoms with Crippen molar-refractivity contribution in [3.05, 3.63) is 53.1 Å². The van der Waals surface area contributed by atoms with Crippen molar-refractivity contribution in [2.45, 2.75) is 24.2 Å². The number of benzene rings is 2. The lowest BCUT2D eigenvalue weighted by Gasteiger charge is -2.29. The van der Waals surface area contributed by atoms with E-state index in [9.17, 15) is 8.42 Å². The molecule has 1 aliphatic rings. The lowest BCUT2D eigenvalue weighted by Crippen LogP contribution is -2.29. The summed E-state index contributed by atoms with van der Waals surface area (Å²) in [6.07, 6.45) is 5.24. The molecule has 0 atom stereocenters. The van der Waals surface area contributed by atoms with Crippen LogP contribution in [0.5, 0.6) is 5.75 Å². The van der Waals surface area contributed by atoms with Crippen LogP contribution in [-0.2, 0) is 10.0 Å². The van der Waals surface area contributed by atoms with Gasteiger partial charge in [0.25, 0.3) is 0 Å². The van der Waals surface area contributed by atoms with Crippen molar-refractivity contribution in [1.29, 1.82) is 0 Å². The molecule has 0 radical (unpaired) electrons. The highest BCUT2D eigenvalue weighted by molar-refractivity contribution is 9.10. The Morgan fingerprint density at radius 2 is 1.79 bits per heavy atom. The zero-order valence-corrected chi connectivity index (χ0v) is 21.4. The first-order valence-corrected chi connectivity index (χ1v) is 13.2. The minimum absolute atomic E-state index is 0.119. The fraction of sp³-hybridized carbons (Fsp3) is 0.304. The molecule has 2 aromatic carbocycles. The molecule has 11 heteroatoms. The number of ether oxygens (including phenoxy) is 1. The van der Waals surface area contributed by atoms with Gasteiger partial charge >= 0.3 is 0 Å². The Balaban J connectivity index is 1.63. The summed E-state index contributed by atoms with van der Waals surface area (Å²) in [6, 6.07) is 12.7. The number of sulfonamides is 1. The maximum absolute atomic E-state index is 12.4. The number of para-hydroxylation sites is 1. The second-order valence-electron chi connectivity index (χ2n) is 7.78. The highest BCUT2D eigenvalue weighted by atomic mass is 79.9. The van der Waals surface area contributed by atoms with E-state index in [0.29, 0.717) is 27.7 Å². The SMILES string of the molecule is CNS(=O)(=O)c1ccccc1Nc1nc(Nc2cc(N3CCCCC3)ccc2OC)ncc1Br. The number of nitrogens with one attached hydrogen (secondary N) is 3. The maximum atomic E-state index is 12.4. The normalized spacial score (nSPS) is 14.0. The molecule has 1 aliphatic heterocycles. The summed E-state index contributed by atoms with van der Waals surface area (Å²) in [4.78, 5) is 11.4. The van der Waals surface area contributed by atoms with Crippen LogP contribution in [0.1, 0.15) is 19.3 Å². The van der Waals surface area contributed by atoms with Gasteiger partial charge in [0.05, 0.1) is 23.0 Å². The van der Waals surface area contributed by atoms with Gasteiger partial charge in [-0.25, -0.2) is 18.1 Å². The minimum Gasteiger partial charge on any atom is -0.495 e. The molecule has 0 bridgehead atoms. The van der Waals surface area contributed by atoms with Gasteiger partial charge in [-0.05, 0) is 72.6 Å². The molecule has 3 aromatic rings. The highest BCUT2D eigenvalue weighted by Crippen LogP contribution is 2.34. The third-order valence-corrected chi connectivity index (χ3v) is 7.65. The van der Waals surface area contributed by atoms with E-state index in [0.717, 1.165) is 24.5 Å². The molecule has 1 saturated heterocycles. The van der Waals surface area contributed by atoms with E-state index in [1.54, 1.807) is 31.5 Å². The van der Waals surface area contributed by atoms with Gasteiger partial charge in [-0.3, -0.25) is 0 Å². The summed E-state index contributed by atoms with van der Waals surface area (Å²) in [5.74, 6) is 1.43. The standard InChI is InChI=1S/C23H27BrN6O3S/c1-25-34(31,32)21-9-5-4-8-18(21)27-22-17(24)15-26-23(29-22)28-19-14-16(10-11-20(19)33-2)30-12-6-3-7-13-30/h4-5,8-11,14-15,25H,3,6-7,12-13H2,1-2H3,(H2,26,27,28,29). The Morgan fingerprint density at radius 1 is 1.03 bits per heavy atom. The van der Waals surface area contributed by atoms with E-state index in [2.05, 4.69) is 52.2 Å². The topological polar surface area (TPSA) is 108 Å². The van der Waals surface area contributed by atoms with Gasteiger partial charge < -0.3 is 20.3 Å². The monoisotopic (exact) mass is 546 g/mol. The Bertz CT molecular complexity index is 1270. The molecule has 1 fully saturated rings. The number of piperidine rings is 1. The summed E-state index contributed by atoms with van der Waals surface area (Å²) >= 11 is 3.45. The lowest BCUT2D eigenvalue weighted by atomic mass is 10.1. The van der Waals surface area contributed by atoms with Crippen molar-refractivity contribution in [2.75, 3.05) is 42.8 Å². The van der Waals surface area contributed by atoms with Crippen molar-refractivity contribution in [1.82, 2.24) is 14.7 Å². The predicted molar refractivity (Wildman–Crippen MR) is 138 cm³/mol. The maximum Gasteiger partial charge on any atom is 0.242 e. The molecule has 34 heavy (non-hydrogen) atoms. The second-order valence-corrected chi connectivity index (χ2v) is 10.5. The summed E-state index contributed by atoms with van der Waals surface area (Å²) in [6.45, 7) is 2.06. The van der Waals surface area contributed by atoms with Crippen molar-refractivity contribution >= 4 is 54.8 Å². The number of nitrogens with zero attached hydrogens (tertiary/aromatic N) is 3. The van der Waals surface area contributed by atoms with E-state index in [4.69, 9.17) is 4.74 Å². The Morgan fingerprint density at radius 3 is 2.53 bits per heavy atom. The molecule has 4 rings (SSSR count). The third-order valence-electron chi connectivity index (χ3n) is 5.59. The average Bonchev–Trinajstić information content (AvgIpc) is 2.87. The van der Waals surface area contributed by atoms with Crippen molar-refractivity contribution < 1.29 is 13.2 Å². The van der Waals surface area contributed by atoms with Crippen LogP contribution in [0.3, 0.4) is 0 Å². The van der Waals surface area contributed by atoms with Gasteiger partial charge in [0, 0.05) is 25.0 Å². The number of anilines is 5. The summed E-state index contributed by atoms with van der Waals surface area (Å²) in [5.41, 5.74) is 2.26. The molecule has 0 saturated carbocycles. The fourth-order valence-electron chi connectivity index (χ4n) is 3.82. The van der Waals surface area contributed by atoms with Crippen LogP contribution in [0.25, 0.3) is 0 Å². The fourth-order valence-corrected chi connectivity index (χ4v) is 5.00. The summed E-state index contributed by atoms with van der Waals surface area (Å²) in [7, 11) is -0.657. The van der Waals surface area contributed by atoms with Crippen molar-refractivity contribution in [3.63, 3.8) is 0 Å². The predicted octanol–water partition coefficient (Wildman–Crippen LogP) is 4.63. The molecule has 3 N–H and O–H groups in total. The number of halogens is 1. The average molecular weight is 547 g/mol. The van der Waals surface area contributed by atoms with Crippen LogP contribution in [0.15, 0.2) is 58.0 Å². The molecule has 0 aliphatic carbocycles. The van der Waals surface area contributed by atoms with E-state index < -0.39 is 10.0 Å². The zero-order valence-electron chi connectivity index (χ0n) is 19.0. The molecular weight excluding hydrogens is 520 g/mol. The Hall–Kier alpha value is -2.89. The zero-order chi connectivity index (χ0) is 24.1. The van der Waals surface area contributed by atoms with Gasteiger partial charge in [0.1, 0.15) is 16.5 Å². The Kier molecular flexibility index (Phi) is 7.54. The van der Waals surface area contributed by atoms with Gasteiger partial charge in [-0.2, -0.15) is 4.98 Å². The number of hydrogen-bond donors (Lipinski definition) is 3. The van der Waals surface area contributed by atoms with E-state index in [-0.39, 0.29) is 4.90 Å². The van der Waals surface area contributed by atoms with E-state index in [1.807, 2.05) is 12.1 Å². The van der Waals surface area contributed by atoms with Crippen LogP contribution in [0, 0.1) is 0 Å². The number of hydrogen-bond acceptors (Lipinski definition) is 8. The van der Waals surface area contributed by atoms with E-state index >= 15 is 0 Å². The quantitative estimate of drug-likeness (QED) is 0.375. The van der Waals surface area contributed by atoms with Crippen LogP contribution >= 0.6 is 15.9 Å². The highest BCUT2D eigenvalue weighted by Gasteiger charge is 2.18. The van der Waals surface area contributed by atoms with Gasteiger partial charge in [-0.15, -0.1) is 0 Å². The van der Waals surface area contributed by atoms with Gasteiger partial charge in [0.15, 0.2) is 0 Å². The molecule has 180 valence electrons. The first kappa shape index (κ1) is 24.2. The summed E-state index contributed by atoms with van der Waals surface area (Å²) < 4.78 is 33.3. The largest absolute Gasteiger partial charge is 0.495 e. The van der Waals surface area contributed by atoms with Crippen LogP contribution in [0.2, 0.25) is 0 Å². The Labute approximate surface area is 208 Å². The molecule has 0 unspecified atom stereocenters. The molecule has 9 nitrogen and oxygen atoms in total. The first-order chi connectivity index (χ1) is 16.4. The first-order valence-electron chi connectivity index (χ1n) is 10.9. The molecule has 2 heterocycles. The lowest BCUT2D eigenvalue weighted by molar-refractivity contribution is 0.416. The second kappa shape index (κ2) is 10.6. The minimum atomic E-state index is -3.65. The number of rotatable bonds is 8. The van der Waals surface area contributed by atoms with Gasteiger partial charge in [0.2, 0.25) is 16.0 Å². The van der Waals surface area contributed by atoms with Crippen molar-refractivity contribution in [3.8, 4) is 5.75 Å². The molecule has 0 spiro atoms. The van der Waals surface area contributed by atoms with Crippen LogP contribution < -0.4 is 25.0 Å². The van der Waals surface area contributed by atoms with Gasteiger partial charge in [-0.1, -0.05) is 12.1 Å². The van der Waals surface area contributed by atoms with E-state index in [1.165, 1.54) is 32.4 Å². The third kappa shape index (κ3) is 5.43.